The van der Waals surface area contributed by atoms with Gasteiger partial charge in [-0.05, 0) is 23.4 Å². The number of anilines is 1. The number of nitrogens with one attached hydrogen (secondary N) is 2. The Morgan fingerprint density at radius 1 is 0.846 bits per heavy atom. The van der Waals surface area contributed by atoms with Crippen LogP contribution in [0.4, 0.5) is 5.69 Å². The summed E-state index contributed by atoms with van der Waals surface area (Å²) >= 11 is 0. The van der Waals surface area contributed by atoms with E-state index >= 15 is 0 Å². The lowest BCUT2D eigenvalue weighted by atomic mass is 10.0. The molecule has 0 aliphatic rings. The average Bonchev–Trinajstić information content (AvgIpc) is 2.68. The molecule has 0 radical (unpaired) electrons. The van der Waals surface area contributed by atoms with Gasteiger partial charge in [0.05, 0.1) is 6.04 Å². The van der Waals surface area contributed by atoms with Crippen molar-refractivity contribution in [1.82, 2.24) is 5.32 Å². The Kier molecular flexibility index (Phi) is 5.61. The van der Waals surface area contributed by atoms with Crippen LogP contribution in [-0.4, -0.2) is 23.5 Å². The van der Waals surface area contributed by atoms with E-state index in [4.69, 9.17) is 0 Å². The molecule has 0 spiro atoms. The second-order valence-corrected chi connectivity index (χ2v) is 5.93. The van der Waals surface area contributed by atoms with E-state index in [2.05, 4.69) is 10.6 Å². The number of rotatable bonds is 5. The summed E-state index contributed by atoms with van der Waals surface area (Å²) in [5.74, 6) is -1.47. The van der Waals surface area contributed by atoms with Gasteiger partial charge in [-0.3, -0.25) is 9.59 Å². The van der Waals surface area contributed by atoms with Crippen LogP contribution in [0.1, 0.15) is 18.0 Å². The molecular formula is C21H20N2O3. The topological polar surface area (TPSA) is 78.4 Å². The van der Waals surface area contributed by atoms with Gasteiger partial charge in [-0.25, -0.2) is 0 Å². The molecule has 3 aromatic carbocycles. The van der Waals surface area contributed by atoms with Crippen LogP contribution in [0.15, 0.2) is 72.8 Å². The van der Waals surface area contributed by atoms with Gasteiger partial charge in [-0.2, -0.15) is 0 Å². The monoisotopic (exact) mass is 348 g/mol. The number of carbonyl (C=O) groups excluding carboxylic acids is 2. The van der Waals surface area contributed by atoms with Crippen molar-refractivity contribution in [3.63, 3.8) is 0 Å². The van der Waals surface area contributed by atoms with Crippen LogP contribution < -0.4 is 10.6 Å². The van der Waals surface area contributed by atoms with Gasteiger partial charge in [-0.15, -0.1) is 0 Å². The van der Waals surface area contributed by atoms with Gasteiger partial charge >= 0.3 is 11.8 Å². The van der Waals surface area contributed by atoms with Crippen LogP contribution in [-0.2, 0) is 9.59 Å². The summed E-state index contributed by atoms with van der Waals surface area (Å²) in [5.41, 5.74) is 1.43. The van der Waals surface area contributed by atoms with Gasteiger partial charge in [0, 0.05) is 17.7 Å². The first-order valence-corrected chi connectivity index (χ1v) is 8.44. The van der Waals surface area contributed by atoms with Gasteiger partial charge < -0.3 is 15.7 Å². The predicted molar refractivity (Wildman–Crippen MR) is 102 cm³/mol. The van der Waals surface area contributed by atoms with Crippen LogP contribution >= 0.6 is 0 Å². The minimum absolute atomic E-state index is 0.0925. The smallest absolute Gasteiger partial charge is 0.313 e. The minimum atomic E-state index is -0.736. The molecule has 1 atom stereocenters. The predicted octanol–water partition coefficient (Wildman–Crippen LogP) is 3.02. The molecule has 2 amide bonds. The number of hydrogen-bond acceptors (Lipinski definition) is 3. The number of hydrogen-bond donors (Lipinski definition) is 3. The number of benzene rings is 3. The molecule has 1 unspecified atom stereocenters. The third-order valence-electron chi connectivity index (χ3n) is 4.17. The van der Waals surface area contributed by atoms with Gasteiger partial charge in [0.15, 0.2) is 0 Å². The first-order valence-electron chi connectivity index (χ1n) is 8.44. The van der Waals surface area contributed by atoms with Crippen molar-refractivity contribution < 1.29 is 14.7 Å². The molecule has 0 aromatic heterocycles. The summed E-state index contributed by atoms with van der Waals surface area (Å²) < 4.78 is 0. The third-order valence-corrected chi connectivity index (χ3v) is 4.17. The van der Waals surface area contributed by atoms with Crippen LogP contribution in [0.3, 0.4) is 0 Å². The normalized spacial score (nSPS) is 11.7. The first kappa shape index (κ1) is 17.6. The first-order chi connectivity index (χ1) is 12.7. The van der Waals surface area contributed by atoms with Crippen molar-refractivity contribution in [3.05, 3.63) is 78.4 Å². The van der Waals surface area contributed by atoms with Gasteiger partial charge in [-0.1, -0.05) is 66.7 Å². The van der Waals surface area contributed by atoms with E-state index in [1.165, 1.54) is 0 Å². The summed E-state index contributed by atoms with van der Waals surface area (Å²) in [7, 11) is 0. The molecule has 5 heteroatoms. The van der Waals surface area contributed by atoms with Gasteiger partial charge in [0.2, 0.25) is 0 Å². The summed E-state index contributed by atoms with van der Waals surface area (Å²) in [6, 6.07) is 22.0. The van der Waals surface area contributed by atoms with E-state index < -0.39 is 17.9 Å². The van der Waals surface area contributed by atoms with Crippen LogP contribution in [0.2, 0.25) is 0 Å². The Morgan fingerprint density at radius 2 is 1.54 bits per heavy atom. The minimum Gasteiger partial charge on any atom is -0.396 e. The lowest BCUT2D eigenvalue weighted by molar-refractivity contribution is -0.136. The van der Waals surface area contributed by atoms with Crippen LogP contribution in [0.25, 0.3) is 10.8 Å². The highest BCUT2D eigenvalue weighted by Gasteiger charge is 2.20. The third kappa shape index (κ3) is 4.07. The maximum atomic E-state index is 12.3. The highest BCUT2D eigenvalue weighted by molar-refractivity contribution is 6.40. The summed E-state index contributed by atoms with van der Waals surface area (Å²) in [6.45, 7) is -0.0925. The van der Waals surface area contributed by atoms with Gasteiger partial charge in [0.25, 0.3) is 0 Å². The van der Waals surface area contributed by atoms with Crippen molar-refractivity contribution in [1.29, 1.82) is 0 Å². The standard InChI is InChI=1S/C21H20N2O3/c24-14-13-18(16-8-2-1-3-9-16)22-20(25)21(26)23-19-12-6-10-15-7-4-5-11-17(15)19/h1-12,18,24H,13-14H2,(H,22,25)(H,23,26). The van der Waals surface area contributed by atoms with Crippen LogP contribution in [0.5, 0.6) is 0 Å². The fourth-order valence-corrected chi connectivity index (χ4v) is 2.87. The Balaban J connectivity index is 1.73. The van der Waals surface area contributed by atoms with Crippen molar-refractivity contribution in [2.75, 3.05) is 11.9 Å². The molecule has 5 nitrogen and oxygen atoms in total. The maximum Gasteiger partial charge on any atom is 0.313 e. The number of fused-ring (bicyclic) bond motifs is 1. The number of aliphatic hydroxyl groups excluding tert-OH is 1. The lowest BCUT2D eigenvalue weighted by Gasteiger charge is -2.18. The molecule has 0 saturated heterocycles. The highest BCUT2D eigenvalue weighted by Crippen LogP contribution is 2.23. The molecular weight excluding hydrogens is 328 g/mol. The molecule has 0 fully saturated rings. The van der Waals surface area contributed by atoms with E-state index in [0.717, 1.165) is 16.3 Å². The molecule has 3 N–H and O–H groups in total. The van der Waals surface area contributed by atoms with E-state index in [0.29, 0.717) is 12.1 Å². The molecule has 0 heterocycles. The van der Waals surface area contributed by atoms with Gasteiger partial charge in [0.1, 0.15) is 0 Å². The average molecular weight is 348 g/mol. The van der Waals surface area contributed by atoms with Crippen molar-refractivity contribution in [3.8, 4) is 0 Å². The van der Waals surface area contributed by atoms with E-state index in [1.807, 2.05) is 66.7 Å². The Morgan fingerprint density at radius 3 is 2.31 bits per heavy atom. The molecule has 3 aromatic rings. The Bertz CT molecular complexity index is 904. The maximum absolute atomic E-state index is 12.3. The van der Waals surface area contributed by atoms with Crippen molar-refractivity contribution in [2.45, 2.75) is 12.5 Å². The molecule has 0 saturated carbocycles. The second-order valence-electron chi connectivity index (χ2n) is 5.93. The van der Waals surface area contributed by atoms with Crippen LogP contribution in [0, 0.1) is 0 Å². The van der Waals surface area contributed by atoms with Crippen molar-refractivity contribution >= 4 is 28.3 Å². The lowest BCUT2D eigenvalue weighted by Crippen LogP contribution is -2.38. The van der Waals surface area contributed by atoms with Crippen molar-refractivity contribution in [2.24, 2.45) is 0 Å². The SMILES string of the molecule is O=C(Nc1cccc2ccccc12)C(=O)NC(CCO)c1ccccc1. The quantitative estimate of drug-likeness (QED) is 0.620. The zero-order valence-corrected chi connectivity index (χ0v) is 14.2. The number of carbonyl (C=O) groups is 2. The van der Waals surface area contributed by atoms with E-state index in [-0.39, 0.29) is 6.61 Å². The zero-order chi connectivity index (χ0) is 18.4. The fraction of sp³-hybridized carbons (Fsp3) is 0.143. The molecule has 132 valence electrons. The molecule has 3 rings (SSSR count). The zero-order valence-electron chi connectivity index (χ0n) is 14.2. The molecule has 26 heavy (non-hydrogen) atoms. The molecule has 0 aliphatic heterocycles. The number of amides is 2. The Labute approximate surface area is 151 Å². The summed E-state index contributed by atoms with van der Waals surface area (Å²) in [5, 5.41) is 16.5. The van der Waals surface area contributed by atoms with E-state index in [9.17, 15) is 14.7 Å². The highest BCUT2D eigenvalue weighted by atomic mass is 16.3. The fourth-order valence-electron chi connectivity index (χ4n) is 2.87. The van der Waals surface area contributed by atoms with E-state index in [1.54, 1.807) is 6.07 Å². The molecule has 0 bridgehead atoms. The second kappa shape index (κ2) is 8.27. The number of aliphatic hydroxyl groups is 1. The summed E-state index contributed by atoms with van der Waals surface area (Å²) in [6.07, 6.45) is 0.331. The summed E-state index contributed by atoms with van der Waals surface area (Å²) in [4.78, 5) is 24.7. The Hall–Kier alpha value is -3.18. The molecule has 0 aliphatic carbocycles. The largest absolute Gasteiger partial charge is 0.396 e.